The molecule has 17 heavy (non-hydrogen) atoms. The van der Waals surface area contributed by atoms with E-state index >= 15 is 0 Å². The maximum absolute atomic E-state index is 4.31. The molecule has 0 unspecified atom stereocenters. The number of nitrogens with one attached hydrogen (secondary N) is 1. The molecule has 0 aromatic carbocycles. The van der Waals surface area contributed by atoms with Gasteiger partial charge in [-0.3, -0.25) is 4.90 Å². The van der Waals surface area contributed by atoms with Crippen LogP contribution >= 0.6 is 11.3 Å². The Kier molecular flexibility index (Phi) is 2.54. The monoisotopic (exact) mass is 252 g/mol. The topological polar surface area (TPSA) is 41.1 Å². The molecule has 0 amide bonds. The van der Waals surface area contributed by atoms with Crippen LogP contribution in [0.2, 0.25) is 0 Å². The quantitative estimate of drug-likeness (QED) is 0.860. The van der Waals surface area contributed by atoms with E-state index in [9.17, 15) is 0 Å². The third kappa shape index (κ3) is 2.11. The Labute approximate surface area is 106 Å². The molecule has 1 aromatic heterocycles. The molecular formula is C12H20N4S. The molecule has 0 aliphatic carbocycles. The van der Waals surface area contributed by atoms with Gasteiger partial charge in [-0.25, -0.2) is 0 Å². The van der Waals surface area contributed by atoms with Crippen LogP contribution in [0.4, 0.5) is 0 Å². The lowest BCUT2D eigenvalue weighted by molar-refractivity contribution is -0.0445. The van der Waals surface area contributed by atoms with E-state index in [2.05, 4.69) is 41.2 Å². The van der Waals surface area contributed by atoms with Gasteiger partial charge in [-0.2, -0.15) is 0 Å². The van der Waals surface area contributed by atoms with E-state index in [1.807, 2.05) is 0 Å². The van der Waals surface area contributed by atoms with E-state index in [0.717, 1.165) is 16.6 Å². The first-order valence-electron chi connectivity index (χ1n) is 6.23. The van der Waals surface area contributed by atoms with Crippen LogP contribution in [-0.2, 0) is 12.0 Å². The highest BCUT2D eigenvalue weighted by Gasteiger charge is 2.47. The lowest BCUT2D eigenvalue weighted by Gasteiger charge is -2.56. The van der Waals surface area contributed by atoms with Gasteiger partial charge in [0, 0.05) is 37.0 Å². The Balaban J connectivity index is 1.57. The molecule has 94 valence electrons. The molecule has 5 heteroatoms. The molecule has 2 saturated heterocycles. The Bertz CT molecular complexity index is 408. The summed E-state index contributed by atoms with van der Waals surface area (Å²) in [5, 5.41) is 14.3. The number of aromatic nitrogens is 2. The van der Waals surface area contributed by atoms with Gasteiger partial charge in [0.1, 0.15) is 10.0 Å². The van der Waals surface area contributed by atoms with Crippen LogP contribution in [0.3, 0.4) is 0 Å². The molecule has 0 atom stereocenters. The van der Waals surface area contributed by atoms with Crippen LogP contribution in [-0.4, -0.2) is 41.3 Å². The average Bonchev–Trinajstić information content (AvgIpc) is 2.54. The fourth-order valence-corrected chi connectivity index (χ4v) is 3.47. The molecule has 1 aromatic rings. The highest BCUT2D eigenvalue weighted by atomic mass is 32.1. The Morgan fingerprint density at radius 2 is 2.00 bits per heavy atom. The fraction of sp³-hybridized carbons (Fsp3) is 0.833. The van der Waals surface area contributed by atoms with Gasteiger partial charge in [0.25, 0.3) is 0 Å². The predicted molar refractivity (Wildman–Crippen MR) is 69.2 cm³/mol. The minimum Gasteiger partial charge on any atom is -0.315 e. The van der Waals surface area contributed by atoms with Gasteiger partial charge in [-0.1, -0.05) is 32.1 Å². The molecular weight excluding hydrogens is 232 g/mol. The number of nitrogens with zero attached hydrogens (tertiary/aromatic N) is 3. The van der Waals surface area contributed by atoms with Crippen LogP contribution in [0.15, 0.2) is 0 Å². The maximum Gasteiger partial charge on any atom is 0.131 e. The van der Waals surface area contributed by atoms with Gasteiger partial charge < -0.3 is 5.32 Å². The molecule has 0 radical (unpaired) electrons. The predicted octanol–water partition coefficient (Wildman–Crippen LogP) is 1.24. The van der Waals surface area contributed by atoms with E-state index < -0.39 is 0 Å². The van der Waals surface area contributed by atoms with Crippen molar-refractivity contribution in [3.05, 3.63) is 10.0 Å². The first-order valence-corrected chi connectivity index (χ1v) is 7.05. The Morgan fingerprint density at radius 1 is 1.29 bits per heavy atom. The summed E-state index contributed by atoms with van der Waals surface area (Å²) in [7, 11) is 0. The largest absolute Gasteiger partial charge is 0.315 e. The van der Waals surface area contributed by atoms with Gasteiger partial charge in [0.15, 0.2) is 0 Å². The van der Waals surface area contributed by atoms with Crippen LogP contribution < -0.4 is 5.32 Å². The van der Waals surface area contributed by atoms with Crippen molar-refractivity contribution in [1.29, 1.82) is 0 Å². The molecule has 4 nitrogen and oxygen atoms in total. The first kappa shape index (κ1) is 11.6. The van der Waals surface area contributed by atoms with E-state index in [0.29, 0.717) is 5.41 Å². The molecule has 3 heterocycles. The first-order chi connectivity index (χ1) is 7.97. The average molecular weight is 252 g/mol. The number of likely N-dealkylation sites (tertiary alicyclic amines) is 1. The third-order valence-corrected chi connectivity index (χ3v) is 4.92. The van der Waals surface area contributed by atoms with Crippen molar-refractivity contribution in [2.75, 3.05) is 26.2 Å². The van der Waals surface area contributed by atoms with Gasteiger partial charge in [0.05, 0.1) is 6.54 Å². The van der Waals surface area contributed by atoms with Crippen LogP contribution in [0, 0.1) is 5.41 Å². The summed E-state index contributed by atoms with van der Waals surface area (Å²) >= 11 is 1.76. The van der Waals surface area contributed by atoms with Crippen molar-refractivity contribution >= 4 is 11.3 Å². The number of hydrogen-bond donors (Lipinski definition) is 1. The van der Waals surface area contributed by atoms with E-state index in [1.165, 1.54) is 26.2 Å². The summed E-state index contributed by atoms with van der Waals surface area (Å²) in [5.74, 6) is 0. The summed E-state index contributed by atoms with van der Waals surface area (Å²) in [6.07, 6.45) is 0. The SMILES string of the molecule is CC(C)(C)c1nnc(CN2CC3(CNC3)C2)s1. The molecule has 0 bridgehead atoms. The second-order valence-corrected chi connectivity index (χ2v) is 7.56. The Hall–Kier alpha value is -0.520. The number of hydrogen-bond acceptors (Lipinski definition) is 5. The van der Waals surface area contributed by atoms with Crippen molar-refractivity contribution in [3.63, 3.8) is 0 Å². The fourth-order valence-electron chi connectivity index (χ4n) is 2.53. The van der Waals surface area contributed by atoms with Crippen molar-refractivity contribution in [2.45, 2.75) is 32.7 Å². The molecule has 1 spiro atoms. The smallest absolute Gasteiger partial charge is 0.131 e. The van der Waals surface area contributed by atoms with Crippen LogP contribution in [0.25, 0.3) is 0 Å². The third-order valence-electron chi connectivity index (χ3n) is 3.59. The van der Waals surface area contributed by atoms with E-state index in [4.69, 9.17) is 0 Å². The molecule has 2 aliphatic heterocycles. The standard InChI is InChI=1S/C12H20N4S/c1-11(2,3)10-15-14-9(17-10)4-16-7-12(8-16)5-13-6-12/h13H,4-8H2,1-3H3. The van der Waals surface area contributed by atoms with Crippen molar-refractivity contribution < 1.29 is 0 Å². The lowest BCUT2D eigenvalue weighted by Crippen LogP contribution is -2.70. The second kappa shape index (κ2) is 3.73. The summed E-state index contributed by atoms with van der Waals surface area (Å²) < 4.78 is 0. The van der Waals surface area contributed by atoms with Crippen LogP contribution in [0.1, 0.15) is 30.8 Å². The van der Waals surface area contributed by atoms with Crippen molar-refractivity contribution in [1.82, 2.24) is 20.4 Å². The van der Waals surface area contributed by atoms with Crippen molar-refractivity contribution in [3.8, 4) is 0 Å². The summed E-state index contributed by atoms with van der Waals surface area (Å²) in [6, 6.07) is 0. The molecule has 2 fully saturated rings. The highest BCUT2D eigenvalue weighted by Crippen LogP contribution is 2.35. The molecule has 0 saturated carbocycles. The Morgan fingerprint density at radius 3 is 2.47 bits per heavy atom. The summed E-state index contributed by atoms with van der Waals surface area (Å²) in [4.78, 5) is 2.48. The minimum atomic E-state index is 0.129. The molecule has 1 N–H and O–H groups in total. The summed E-state index contributed by atoms with van der Waals surface area (Å²) in [5.41, 5.74) is 0.738. The zero-order valence-electron chi connectivity index (χ0n) is 10.8. The van der Waals surface area contributed by atoms with Gasteiger partial charge in [0.2, 0.25) is 0 Å². The van der Waals surface area contributed by atoms with Gasteiger partial charge >= 0.3 is 0 Å². The van der Waals surface area contributed by atoms with E-state index in [-0.39, 0.29) is 5.41 Å². The molecule has 3 rings (SSSR count). The van der Waals surface area contributed by atoms with Crippen LogP contribution in [0.5, 0.6) is 0 Å². The zero-order chi connectivity index (χ0) is 12.1. The number of rotatable bonds is 2. The normalized spacial score (nSPS) is 23.5. The summed E-state index contributed by atoms with van der Waals surface area (Å²) in [6.45, 7) is 12.4. The zero-order valence-corrected chi connectivity index (χ0v) is 11.6. The maximum atomic E-state index is 4.31. The van der Waals surface area contributed by atoms with Crippen molar-refractivity contribution in [2.24, 2.45) is 5.41 Å². The molecule has 2 aliphatic rings. The minimum absolute atomic E-state index is 0.129. The lowest BCUT2D eigenvalue weighted by atomic mass is 9.74. The highest BCUT2D eigenvalue weighted by molar-refractivity contribution is 7.11. The van der Waals surface area contributed by atoms with E-state index in [1.54, 1.807) is 11.3 Å². The van der Waals surface area contributed by atoms with Gasteiger partial charge in [-0.05, 0) is 0 Å². The van der Waals surface area contributed by atoms with Gasteiger partial charge in [-0.15, -0.1) is 10.2 Å². The second-order valence-electron chi connectivity index (χ2n) is 6.50.